The van der Waals surface area contributed by atoms with Gasteiger partial charge < -0.3 is 24.8 Å². The molecule has 0 aromatic heterocycles. The van der Waals surface area contributed by atoms with E-state index in [1.165, 1.54) is 6.08 Å². The number of hydrogen-bond donors (Lipinski definition) is 2. The minimum absolute atomic E-state index is 0.178. The molecule has 1 aliphatic heterocycles. The number of amides is 2. The van der Waals surface area contributed by atoms with Gasteiger partial charge in [-0.1, -0.05) is 42.5 Å². The average molecular weight is 459 g/mol. The maximum absolute atomic E-state index is 12.9. The van der Waals surface area contributed by atoms with E-state index in [2.05, 4.69) is 10.6 Å². The van der Waals surface area contributed by atoms with Crippen LogP contribution in [-0.2, 0) is 4.79 Å². The third kappa shape index (κ3) is 5.38. The standard InChI is InChI=1S/C27H26N2O5/c1-18(20-8-4-3-5-9-20)28-27(31)21-10-6-7-11-22(21)29-25(30)13-12-19-16-23(32-2)26-24(17-19)33-14-15-34-26/h3-13,16-18H,14-15H2,1-2H3,(H,28,31)(H,29,30)/b13-12+/t18-/m0/s1. The zero-order valence-corrected chi connectivity index (χ0v) is 19.0. The highest BCUT2D eigenvalue weighted by molar-refractivity contribution is 6.07. The van der Waals surface area contributed by atoms with Crippen LogP contribution < -0.4 is 24.8 Å². The van der Waals surface area contributed by atoms with Gasteiger partial charge in [0.15, 0.2) is 11.5 Å². The van der Waals surface area contributed by atoms with Crippen LogP contribution in [0.1, 0.15) is 34.5 Å². The number of benzene rings is 3. The van der Waals surface area contributed by atoms with E-state index in [-0.39, 0.29) is 17.9 Å². The van der Waals surface area contributed by atoms with E-state index in [1.807, 2.05) is 37.3 Å². The molecule has 2 N–H and O–H groups in total. The normalized spacial score (nSPS) is 13.2. The molecule has 0 bridgehead atoms. The monoisotopic (exact) mass is 458 g/mol. The Hall–Kier alpha value is -4.26. The Morgan fingerprint density at radius 2 is 1.74 bits per heavy atom. The van der Waals surface area contributed by atoms with E-state index < -0.39 is 0 Å². The van der Waals surface area contributed by atoms with Gasteiger partial charge in [0, 0.05) is 6.08 Å². The summed E-state index contributed by atoms with van der Waals surface area (Å²) in [5, 5.41) is 5.77. The first kappa shape index (κ1) is 22.9. The smallest absolute Gasteiger partial charge is 0.253 e. The summed E-state index contributed by atoms with van der Waals surface area (Å²) < 4.78 is 16.6. The first-order chi connectivity index (χ1) is 16.5. The van der Waals surface area contributed by atoms with Crippen molar-refractivity contribution in [1.82, 2.24) is 5.32 Å². The summed E-state index contributed by atoms with van der Waals surface area (Å²) in [5.74, 6) is 1.02. The Morgan fingerprint density at radius 1 is 1.00 bits per heavy atom. The van der Waals surface area contributed by atoms with Crippen molar-refractivity contribution in [3.05, 3.63) is 89.5 Å². The highest BCUT2D eigenvalue weighted by Gasteiger charge is 2.18. The molecule has 1 heterocycles. The zero-order chi connectivity index (χ0) is 23.9. The molecule has 2 amide bonds. The first-order valence-corrected chi connectivity index (χ1v) is 11.0. The van der Waals surface area contributed by atoms with E-state index in [9.17, 15) is 9.59 Å². The second-order valence-corrected chi connectivity index (χ2v) is 7.72. The molecule has 1 atom stereocenters. The molecular weight excluding hydrogens is 432 g/mol. The SMILES string of the molecule is COc1cc(/C=C/C(=O)Nc2ccccc2C(=O)N[C@@H](C)c2ccccc2)cc2c1OCCO2. The number of carbonyl (C=O) groups excluding carboxylic acids is 2. The van der Waals surface area contributed by atoms with Crippen molar-refractivity contribution in [2.24, 2.45) is 0 Å². The van der Waals surface area contributed by atoms with Gasteiger partial charge in [0.1, 0.15) is 13.2 Å². The van der Waals surface area contributed by atoms with Crippen molar-refractivity contribution in [3.63, 3.8) is 0 Å². The van der Waals surface area contributed by atoms with Gasteiger partial charge in [0.05, 0.1) is 24.4 Å². The number of methoxy groups -OCH3 is 1. The van der Waals surface area contributed by atoms with Gasteiger partial charge in [0.25, 0.3) is 5.91 Å². The largest absolute Gasteiger partial charge is 0.493 e. The van der Waals surface area contributed by atoms with Gasteiger partial charge in [-0.15, -0.1) is 0 Å². The predicted octanol–water partition coefficient (Wildman–Crippen LogP) is 4.61. The van der Waals surface area contributed by atoms with E-state index in [4.69, 9.17) is 14.2 Å². The second kappa shape index (κ2) is 10.6. The van der Waals surface area contributed by atoms with E-state index >= 15 is 0 Å². The van der Waals surface area contributed by atoms with Crippen molar-refractivity contribution in [2.45, 2.75) is 13.0 Å². The molecule has 0 aliphatic carbocycles. The van der Waals surface area contributed by atoms with Gasteiger partial charge in [-0.2, -0.15) is 0 Å². The van der Waals surface area contributed by atoms with Crippen LogP contribution in [0.25, 0.3) is 6.08 Å². The van der Waals surface area contributed by atoms with Gasteiger partial charge >= 0.3 is 0 Å². The number of anilines is 1. The van der Waals surface area contributed by atoms with E-state index in [0.29, 0.717) is 41.7 Å². The van der Waals surface area contributed by atoms with Crippen LogP contribution in [0.15, 0.2) is 72.8 Å². The van der Waals surface area contributed by atoms with Gasteiger partial charge in [-0.3, -0.25) is 9.59 Å². The van der Waals surface area contributed by atoms with Crippen LogP contribution in [0, 0.1) is 0 Å². The van der Waals surface area contributed by atoms with Crippen molar-refractivity contribution < 1.29 is 23.8 Å². The zero-order valence-electron chi connectivity index (χ0n) is 19.0. The number of carbonyl (C=O) groups is 2. The summed E-state index contributed by atoms with van der Waals surface area (Å²) in [6.45, 7) is 2.82. The van der Waals surface area contributed by atoms with E-state index in [0.717, 1.165) is 11.1 Å². The maximum Gasteiger partial charge on any atom is 0.253 e. The number of para-hydroxylation sites is 1. The Bertz CT molecular complexity index is 1190. The third-order valence-corrected chi connectivity index (χ3v) is 5.35. The molecule has 0 saturated carbocycles. The van der Waals surface area contributed by atoms with Crippen LogP contribution in [-0.4, -0.2) is 32.1 Å². The minimum atomic E-state index is -0.370. The van der Waals surface area contributed by atoms with Crippen molar-refractivity contribution in [2.75, 3.05) is 25.6 Å². The summed E-state index contributed by atoms with van der Waals surface area (Å²) >= 11 is 0. The van der Waals surface area contributed by atoms with Crippen molar-refractivity contribution in [1.29, 1.82) is 0 Å². The molecule has 7 heteroatoms. The number of ether oxygens (including phenoxy) is 3. The maximum atomic E-state index is 12.9. The van der Waals surface area contributed by atoms with Crippen molar-refractivity contribution in [3.8, 4) is 17.2 Å². The Labute approximate surface area is 198 Å². The lowest BCUT2D eigenvalue weighted by Gasteiger charge is -2.20. The lowest BCUT2D eigenvalue weighted by atomic mass is 10.1. The molecular formula is C27H26N2O5. The Morgan fingerprint density at radius 3 is 2.53 bits per heavy atom. The Kier molecular flexibility index (Phi) is 7.13. The summed E-state index contributed by atoms with van der Waals surface area (Å²) in [7, 11) is 1.55. The Balaban J connectivity index is 1.46. The van der Waals surface area contributed by atoms with Crippen LogP contribution in [0.3, 0.4) is 0 Å². The fourth-order valence-electron chi connectivity index (χ4n) is 3.63. The molecule has 0 spiro atoms. The molecule has 1 aliphatic rings. The number of fused-ring (bicyclic) bond motifs is 1. The van der Waals surface area contributed by atoms with Crippen LogP contribution >= 0.6 is 0 Å². The predicted molar refractivity (Wildman–Crippen MR) is 130 cm³/mol. The lowest BCUT2D eigenvalue weighted by molar-refractivity contribution is -0.111. The second-order valence-electron chi connectivity index (χ2n) is 7.72. The minimum Gasteiger partial charge on any atom is -0.493 e. The molecule has 7 nitrogen and oxygen atoms in total. The molecule has 4 rings (SSSR count). The van der Waals surface area contributed by atoms with Gasteiger partial charge in [-0.05, 0) is 48.4 Å². The van der Waals surface area contributed by atoms with Crippen LogP contribution in [0.4, 0.5) is 5.69 Å². The molecule has 0 radical (unpaired) electrons. The van der Waals surface area contributed by atoms with Crippen LogP contribution in [0.2, 0.25) is 0 Å². The summed E-state index contributed by atoms with van der Waals surface area (Å²) in [6.07, 6.45) is 3.04. The molecule has 3 aromatic rings. The fraction of sp³-hybridized carbons (Fsp3) is 0.185. The summed E-state index contributed by atoms with van der Waals surface area (Å²) in [6, 6.07) is 20.0. The highest BCUT2D eigenvalue weighted by atomic mass is 16.6. The average Bonchev–Trinajstić information content (AvgIpc) is 2.87. The molecule has 3 aromatic carbocycles. The molecule has 0 unspecified atom stereocenters. The summed E-state index contributed by atoms with van der Waals surface area (Å²) in [5.41, 5.74) is 2.52. The van der Waals surface area contributed by atoms with Crippen molar-refractivity contribution >= 4 is 23.6 Å². The first-order valence-electron chi connectivity index (χ1n) is 11.0. The molecule has 174 valence electrons. The third-order valence-electron chi connectivity index (χ3n) is 5.35. The lowest BCUT2D eigenvalue weighted by Crippen LogP contribution is -2.27. The van der Waals surface area contributed by atoms with Crippen LogP contribution in [0.5, 0.6) is 17.2 Å². The molecule has 0 fully saturated rings. The van der Waals surface area contributed by atoms with Gasteiger partial charge in [-0.25, -0.2) is 0 Å². The number of hydrogen-bond acceptors (Lipinski definition) is 5. The number of rotatable bonds is 7. The van der Waals surface area contributed by atoms with E-state index in [1.54, 1.807) is 49.6 Å². The topological polar surface area (TPSA) is 85.9 Å². The van der Waals surface area contributed by atoms with Gasteiger partial charge in [0.2, 0.25) is 11.7 Å². The molecule has 34 heavy (non-hydrogen) atoms. The molecule has 0 saturated heterocycles. The quantitative estimate of drug-likeness (QED) is 0.505. The highest BCUT2D eigenvalue weighted by Crippen LogP contribution is 2.40. The summed E-state index contributed by atoms with van der Waals surface area (Å²) in [4.78, 5) is 25.5. The number of nitrogens with one attached hydrogen (secondary N) is 2. The fourth-order valence-corrected chi connectivity index (χ4v) is 3.63.